The zero-order chi connectivity index (χ0) is 21.4. The number of rotatable bonds is 4. The number of hydrogen-bond donors (Lipinski definition) is 3. The molecule has 2 amide bonds. The van der Waals surface area contributed by atoms with Gasteiger partial charge in [-0.1, -0.05) is 23.7 Å². The highest BCUT2D eigenvalue weighted by molar-refractivity contribution is 5.99. The number of nitrogens with two attached hydrogens (primary N) is 1. The summed E-state index contributed by atoms with van der Waals surface area (Å²) in [7, 11) is 0. The van der Waals surface area contributed by atoms with Gasteiger partial charge in [-0.05, 0) is 42.7 Å². The number of hydrogen-bond acceptors (Lipinski definition) is 5. The van der Waals surface area contributed by atoms with Gasteiger partial charge in [0.05, 0.1) is 0 Å². The lowest BCUT2D eigenvalue weighted by atomic mass is 9.66. The molecule has 1 aliphatic carbocycles. The molecule has 1 fully saturated rings. The second kappa shape index (κ2) is 7.36. The minimum atomic E-state index is -4.42. The zero-order valence-electron chi connectivity index (χ0n) is 15.7. The Labute approximate surface area is 169 Å². The SMILES string of the molecule is Nc1ccc(-c2ccc(NC(=O)Nc3cc(C4(C(F)(F)F)CCC4)on3)cc2)cn1. The van der Waals surface area contributed by atoms with E-state index in [1.807, 2.05) is 6.07 Å². The van der Waals surface area contributed by atoms with Crippen LogP contribution in [0.1, 0.15) is 25.0 Å². The maximum absolute atomic E-state index is 13.4. The minimum absolute atomic E-state index is 0.0484. The zero-order valence-corrected chi connectivity index (χ0v) is 15.7. The molecule has 1 aromatic carbocycles. The minimum Gasteiger partial charge on any atom is -0.384 e. The second-order valence-electron chi connectivity index (χ2n) is 7.14. The fourth-order valence-corrected chi connectivity index (χ4v) is 3.36. The highest BCUT2D eigenvalue weighted by atomic mass is 19.4. The van der Waals surface area contributed by atoms with Gasteiger partial charge in [-0.25, -0.2) is 9.78 Å². The topological polar surface area (TPSA) is 106 Å². The van der Waals surface area contributed by atoms with Crippen molar-refractivity contribution in [3.05, 3.63) is 54.4 Å². The van der Waals surface area contributed by atoms with Crippen LogP contribution < -0.4 is 16.4 Å². The number of nitrogen functional groups attached to an aromatic ring is 1. The number of amides is 2. The van der Waals surface area contributed by atoms with Gasteiger partial charge in [-0.2, -0.15) is 13.2 Å². The van der Waals surface area contributed by atoms with Gasteiger partial charge >= 0.3 is 12.2 Å². The maximum Gasteiger partial charge on any atom is 0.401 e. The summed E-state index contributed by atoms with van der Waals surface area (Å²) in [5.41, 5.74) is 5.80. The molecule has 0 spiro atoms. The van der Waals surface area contributed by atoms with Crippen LogP contribution in [0.5, 0.6) is 0 Å². The van der Waals surface area contributed by atoms with Crippen molar-refractivity contribution in [3.63, 3.8) is 0 Å². The third-order valence-electron chi connectivity index (χ3n) is 5.24. The van der Waals surface area contributed by atoms with E-state index in [1.165, 1.54) is 0 Å². The molecule has 2 heterocycles. The predicted molar refractivity (Wildman–Crippen MR) is 105 cm³/mol. The number of alkyl halides is 3. The van der Waals surface area contributed by atoms with Gasteiger partial charge < -0.3 is 15.6 Å². The van der Waals surface area contributed by atoms with Crippen molar-refractivity contribution in [2.45, 2.75) is 30.9 Å². The number of nitrogens with zero attached hydrogens (tertiary/aromatic N) is 2. The summed E-state index contributed by atoms with van der Waals surface area (Å²) >= 11 is 0. The molecule has 0 unspecified atom stereocenters. The molecule has 4 N–H and O–H groups in total. The number of anilines is 3. The fraction of sp³-hybridized carbons (Fsp3) is 0.250. The smallest absolute Gasteiger partial charge is 0.384 e. The largest absolute Gasteiger partial charge is 0.401 e. The molecule has 1 aliphatic rings. The van der Waals surface area contributed by atoms with Gasteiger partial charge in [0.2, 0.25) is 0 Å². The second-order valence-corrected chi connectivity index (χ2v) is 7.14. The van der Waals surface area contributed by atoms with Gasteiger partial charge in [-0.3, -0.25) is 5.32 Å². The van der Waals surface area contributed by atoms with Crippen LogP contribution in [0.2, 0.25) is 0 Å². The van der Waals surface area contributed by atoms with Crippen molar-refractivity contribution in [1.29, 1.82) is 0 Å². The lowest BCUT2D eigenvalue weighted by Crippen LogP contribution is -2.47. The van der Waals surface area contributed by atoms with E-state index in [9.17, 15) is 18.0 Å². The van der Waals surface area contributed by atoms with E-state index in [-0.39, 0.29) is 24.4 Å². The van der Waals surface area contributed by atoms with Crippen molar-refractivity contribution < 1.29 is 22.5 Å². The van der Waals surface area contributed by atoms with Crippen LogP contribution in [0.15, 0.2) is 53.2 Å². The maximum atomic E-state index is 13.4. The van der Waals surface area contributed by atoms with Gasteiger partial charge in [0.15, 0.2) is 11.6 Å². The molecule has 7 nitrogen and oxygen atoms in total. The molecule has 0 atom stereocenters. The molecule has 0 bridgehead atoms. The van der Waals surface area contributed by atoms with Crippen molar-refractivity contribution >= 4 is 23.4 Å². The van der Waals surface area contributed by atoms with Crippen molar-refractivity contribution in [3.8, 4) is 11.1 Å². The first kappa shape index (κ1) is 19.7. The Morgan fingerprint density at radius 1 is 1.07 bits per heavy atom. The lowest BCUT2D eigenvalue weighted by molar-refractivity contribution is -0.218. The fourth-order valence-electron chi connectivity index (χ4n) is 3.36. The Morgan fingerprint density at radius 2 is 1.77 bits per heavy atom. The van der Waals surface area contributed by atoms with E-state index >= 15 is 0 Å². The van der Waals surface area contributed by atoms with Crippen LogP contribution in [0.4, 0.5) is 35.3 Å². The first-order valence-electron chi connectivity index (χ1n) is 9.21. The number of aromatic nitrogens is 2. The highest BCUT2D eigenvalue weighted by Crippen LogP contribution is 2.54. The molecular weight excluding hydrogens is 399 g/mol. The third-order valence-corrected chi connectivity index (χ3v) is 5.24. The number of carbonyl (C=O) groups is 1. The van der Waals surface area contributed by atoms with E-state index in [0.29, 0.717) is 17.9 Å². The van der Waals surface area contributed by atoms with E-state index in [0.717, 1.165) is 17.2 Å². The Bertz CT molecular complexity index is 1040. The molecule has 0 aliphatic heterocycles. The summed E-state index contributed by atoms with van der Waals surface area (Å²) in [6.45, 7) is 0. The van der Waals surface area contributed by atoms with Gasteiger partial charge in [-0.15, -0.1) is 0 Å². The lowest BCUT2D eigenvalue weighted by Gasteiger charge is -2.40. The standard InChI is InChI=1S/C20H18F3N5O2/c21-20(22,23)19(8-1-9-19)15-10-17(28-30-15)27-18(29)26-14-5-2-12(3-6-14)13-4-7-16(24)25-11-13/h2-7,10-11H,1,8-9H2,(H2,24,25)(H2,26,27,28,29). The molecule has 4 rings (SSSR count). The average molecular weight is 417 g/mol. The Morgan fingerprint density at radius 3 is 2.33 bits per heavy atom. The summed E-state index contributed by atoms with van der Waals surface area (Å²) in [5, 5.41) is 8.54. The molecular formula is C20H18F3N5O2. The average Bonchev–Trinajstić information content (AvgIpc) is 3.09. The van der Waals surface area contributed by atoms with Gasteiger partial charge in [0.25, 0.3) is 0 Å². The molecule has 30 heavy (non-hydrogen) atoms. The summed E-state index contributed by atoms with van der Waals surface area (Å²) in [6, 6.07) is 11.0. The number of benzene rings is 1. The monoisotopic (exact) mass is 417 g/mol. The van der Waals surface area contributed by atoms with E-state index < -0.39 is 17.6 Å². The number of urea groups is 1. The molecule has 3 aromatic rings. The summed E-state index contributed by atoms with van der Waals surface area (Å²) < 4.78 is 45.0. The Hall–Kier alpha value is -3.56. The molecule has 0 radical (unpaired) electrons. The van der Waals surface area contributed by atoms with Crippen molar-refractivity contribution in [2.75, 3.05) is 16.4 Å². The molecule has 156 valence electrons. The molecule has 1 saturated carbocycles. The quantitative estimate of drug-likeness (QED) is 0.557. The van der Waals surface area contributed by atoms with Crippen LogP contribution in [0, 0.1) is 0 Å². The summed E-state index contributed by atoms with van der Waals surface area (Å²) in [4.78, 5) is 16.2. The first-order valence-corrected chi connectivity index (χ1v) is 9.21. The van der Waals surface area contributed by atoms with Gasteiger partial charge in [0, 0.05) is 23.5 Å². The molecule has 10 heteroatoms. The van der Waals surface area contributed by atoms with E-state index in [2.05, 4.69) is 20.8 Å². The molecule has 0 saturated heterocycles. The number of nitrogens with one attached hydrogen (secondary N) is 2. The Kier molecular flexibility index (Phi) is 4.84. The number of halogens is 3. The van der Waals surface area contributed by atoms with Crippen LogP contribution in [-0.4, -0.2) is 22.3 Å². The molecule has 2 aromatic heterocycles. The van der Waals surface area contributed by atoms with E-state index in [4.69, 9.17) is 10.3 Å². The summed E-state index contributed by atoms with van der Waals surface area (Å²) in [6.07, 6.45) is -2.42. The Balaban J connectivity index is 1.39. The normalized spacial score (nSPS) is 15.3. The number of pyridine rings is 1. The van der Waals surface area contributed by atoms with Gasteiger partial charge in [0.1, 0.15) is 11.2 Å². The predicted octanol–water partition coefficient (Wildman–Crippen LogP) is 4.95. The van der Waals surface area contributed by atoms with Crippen molar-refractivity contribution in [1.82, 2.24) is 10.1 Å². The summed E-state index contributed by atoms with van der Waals surface area (Å²) in [5.74, 6) is 0.0591. The van der Waals surface area contributed by atoms with Crippen LogP contribution in [0.25, 0.3) is 11.1 Å². The number of carbonyl (C=O) groups excluding carboxylic acids is 1. The first-order chi connectivity index (χ1) is 14.3. The highest BCUT2D eigenvalue weighted by Gasteiger charge is 2.61. The van der Waals surface area contributed by atoms with Crippen LogP contribution >= 0.6 is 0 Å². The van der Waals surface area contributed by atoms with Crippen molar-refractivity contribution in [2.24, 2.45) is 0 Å². The van der Waals surface area contributed by atoms with Crippen LogP contribution in [0.3, 0.4) is 0 Å². The van der Waals surface area contributed by atoms with Crippen LogP contribution in [-0.2, 0) is 5.41 Å². The van der Waals surface area contributed by atoms with E-state index in [1.54, 1.807) is 36.5 Å². The third kappa shape index (κ3) is 3.68.